The molecule has 1 rings (SSSR count). The molecule has 0 fully saturated rings. The molecule has 1 aromatic rings. The van der Waals surface area contributed by atoms with Gasteiger partial charge in [0.25, 0.3) is 0 Å². The van der Waals surface area contributed by atoms with Crippen molar-refractivity contribution in [2.45, 2.75) is 26.3 Å². The third kappa shape index (κ3) is 4.82. The van der Waals surface area contributed by atoms with E-state index in [0.29, 0.717) is 6.54 Å². The van der Waals surface area contributed by atoms with Crippen molar-refractivity contribution in [3.63, 3.8) is 0 Å². The van der Waals surface area contributed by atoms with Crippen LogP contribution >= 0.6 is 0 Å². The fraction of sp³-hybridized carbons (Fsp3) is 0.800. The molecule has 1 unspecified atom stereocenters. The van der Waals surface area contributed by atoms with Crippen molar-refractivity contribution in [2.24, 2.45) is 7.05 Å². The summed E-state index contributed by atoms with van der Waals surface area (Å²) in [6.45, 7) is 4.25. The lowest BCUT2D eigenvalue weighted by atomic mass is 10.3. The Kier molecular flexibility index (Phi) is 5.07. The second-order valence-electron chi connectivity index (χ2n) is 4.16. The van der Waals surface area contributed by atoms with Crippen LogP contribution in [0.15, 0.2) is 6.33 Å². The van der Waals surface area contributed by atoms with Crippen molar-refractivity contribution in [3.8, 4) is 0 Å². The van der Waals surface area contributed by atoms with Crippen LogP contribution in [0.4, 0.5) is 0 Å². The predicted octanol–water partition coefficient (Wildman–Crippen LogP) is -0.230. The summed E-state index contributed by atoms with van der Waals surface area (Å²) in [7, 11) is -1.02. The van der Waals surface area contributed by atoms with Gasteiger partial charge in [-0.3, -0.25) is 0 Å². The smallest absolute Gasteiger partial charge is 0.151 e. The maximum Gasteiger partial charge on any atom is 0.151 e. The van der Waals surface area contributed by atoms with Crippen LogP contribution in [-0.2, 0) is 23.3 Å². The second-order valence-corrected chi connectivity index (χ2v) is 6.56. The molecule has 0 saturated heterocycles. The number of sulfone groups is 1. The first kappa shape index (κ1) is 14.1. The number of nitrogens with one attached hydrogen (secondary N) is 1. The molecular formula is C10H20N4O2S. The minimum absolute atomic E-state index is 0.0341. The Hall–Kier alpha value is -0.950. The Balaban J connectivity index is 2.30. The first-order valence-electron chi connectivity index (χ1n) is 5.71. The van der Waals surface area contributed by atoms with Crippen molar-refractivity contribution < 1.29 is 8.42 Å². The number of aromatic nitrogens is 3. The normalized spacial score (nSPS) is 13.8. The summed E-state index contributed by atoms with van der Waals surface area (Å²) in [6.07, 6.45) is 2.40. The zero-order chi connectivity index (χ0) is 12.9. The van der Waals surface area contributed by atoms with E-state index >= 15 is 0 Å². The van der Waals surface area contributed by atoms with Crippen molar-refractivity contribution in [1.82, 2.24) is 20.1 Å². The molecule has 1 N–H and O–H groups in total. The Bertz CT molecular complexity index is 441. The minimum atomic E-state index is -2.91. The summed E-state index contributed by atoms with van der Waals surface area (Å²) in [5, 5.41) is 10.9. The fourth-order valence-corrected chi connectivity index (χ4v) is 2.64. The summed E-state index contributed by atoms with van der Waals surface area (Å²) >= 11 is 0. The summed E-state index contributed by atoms with van der Waals surface area (Å²) in [6, 6.07) is -0.0341. The van der Waals surface area contributed by atoms with Gasteiger partial charge in [0.05, 0.1) is 5.75 Å². The van der Waals surface area contributed by atoms with E-state index in [4.69, 9.17) is 0 Å². The summed E-state index contributed by atoms with van der Waals surface area (Å²) in [5.74, 6) is 1.27. The van der Waals surface area contributed by atoms with Crippen molar-refractivity contribution in [3.05, 3.63) is 12.2 Å². The number of aryl methyl sites for hydroxylation is 1. The van der Waals surface area contributed by atoms with Gasteiger partial charge >= 0.3 is 0 Å². The standard InChI is InChI=1S/C10H20N4O2S/c1-4-17(15,16)7-9(2)11-6-5-10-13-12-8-14(10)3/h8-9,11H,4-7H2,1-3H3. The molecule has 0 amide bonds. The summed E-state index contributed by atoms with van der Waals surface area (Å²) in [4.78, 5) is 0. The van der Waals surface area contributed by atoms with Crippen molar-refractivity contribution in [2.75, 3.05) is 18.1 Å². The van der Waals surface area contributed by atoms with Gasteiger partial charge < -0.3 is 9.88 Å². The molecule has 0 radical (unpaired) electrons. The number of hydrogen-bond donors (Lipinski definition) is 1. The maximum absolute atomic E-state index is 11.4. The Morgan fingerprint density at radius 2 is 2.24 bits per heavy atom. The fourth-order valence-electron chi connectivity index (χ4n) is 1.52. The molecule has 0 bridgehead atoms. The van der Waals surface area contributed by atoms with Gasteiger partial charge in [-0.05, 0) is 6.92 Å². The molecule has 1 aromatic heterocycles. The van der Waals surface area contributed by atoms with Crippen molar-refractivity contribution in [1.29, 1.82) is 0 Å². The Labute approximate surface area is 102 Å². The quantitative estimate of drug-likeness (QED) is 0.733. The van der Waals surface area contributed by atoms with Gasteiger partial charge in [0.2, 0.25) is 0 Å². The van der Waals surface area contributed by atoms with Crippen LogP contribution in [0.2, 0.25) is 0 Å². The molecule has 7 heteroatoms. The van der Waals surface area contributed by atoms with E-state index in [0.717, 1.165) is 12.2 Å². The lowest BCUT2D eigenvalue weighted by molar-refractivity contribution is 0.553. The third-order valence-corrected chi connectivity index (χ3v) is 4.48. The average molecular weight is 260 g/mol. The molecule has 0 saturated carbocycles. The van der Waals surface area contributed by atoms with E-state index in [1.54, 1.807) is 13.3 Å². The topological polar surface area (TPSA) is 76.9 Å². The Morgan fingerprint density at radius 3 is 2.76 bits per heavy atom. The summed E-state index contributed by atoms with van der Waals surface area (Å²) < 4.78 is 24.6. The lowest BCUT2D eigenvalue weighted by Gasteiger charge is -2.13. The van der Waals surface area contributed by atoms with Crippen molar-refractivity contribution >= 4 is 9.84 Å². The van der Waals surface area contributed by atoms with Crippen LogP contribution in [0.1, 0.15) is 19.7 Å². The van der Waals surface area contributed by atoms with Gasteiger partial charge in [-0.2, -0.15) is 0 Å². The zero-order valence-corrected chi connectivity index (χ0v) is 11.4. The third-order valence-electron chi connectivity index (χ3n) is 2.59. The van der Waals surface area contributed by atoms with Crippen LogP contribution in [0.25, 0.3) is 0 Å². The van der Waals surface area contributed by atoms with Gasteiger partial charge in [-0.15, -0.1) is 10.2 Å². The van der Waals surface area contributed by atoms with E-state index in [-0.39, 0.29) is 17.5 Å². The van der Waals surface area contributed by atoms with E-state index in [2.05, 4.69) is 15.5 Å². The largest absolute Gasteiger partial charge is 0.321 e. The van der Waals surface area contributed by atoms with Crippen LogP contribution in [-0.4, -0.2) is 47.3 Å². The van der Waals surface area contributed by atoms with Gasteiger partial charge in [0.15, 0.2) is 9.84 Å². The molecular weight excluding hydrogens is 240 g/mol. The van der Waals surface area contributed by atoms with E-state index < -0.39 is 9.84 Å². The second kappa shape index (κ2) is 6.11. The molecule has 6 nitrogen and oxygen atoms in total. The molecule has 98 valence electrons. The summed E-state index contributed by atoms with van der Waals surface area (Å²) in [5.41, 5.74) is 0. The highest BCUT2D eigenvalue weighted by atomic mass is 32.2. The molecule has 0 aliphatic rings. The van der Waals surface area contributed by atoms with E-state index in [1.165, 1.54) is 0 Å². The zero-order valence-electron chi connectivity index (χ0n) is 10.5. The van der Waals surface area contributed by atoms with Gasteiger partial charge in [0, 0.05) is 31.8 Å². The van der Waals surface area contributed by atoms with Crippen LogP contribution < -0.4 is 5.32 Å². The monoisotopic (exact) mass is 260 g/mol. The highest BCUT2D eigenvalue weighted by Crippen LogP contribution is 1.96. The number of nitrogens with zero attached hydrogens (tertiary/aromatic N) is 3. The van der Waals surface area contributed by atoms with Crippen LogP contribution in [0.3, 0.4) is 0 Å². The highest BCUT2D eigenvalue weighted by Gasteiger charge is 2.13. The van der Waals surface area contributed by atoms with Gasteiger partial charge in [0.1, 0.15) is 12.2 Å². The lowest BCUT2D eigenvalue weighted by Crippen LogP contribution is -2.35. The Morgan fingerprint density at radius 1 is 1.53 bits per heavy atom. The van der Waals surface area contributed by atoms with Gasteiger partial charge in [-0.25, -0.2) is 8.42 Å². The maximum atomic E-state index is 11.4. The molecule has 0 aromatic carbocycles. The number of hydrogen-bond acceptors (Lipinski definition) is 5. The first-order chi connectivity index (χ1) is 7.94. The average Bonchev–Trinajstić information content (AvgIpc) is 2.64. The van der Waals surface area contributed by atoms with Gasteiger partial charge in [-0.1, -0.05) is 6.92 Å². The molecule has 1 atom stereocenters. The molecule has 0 spiro atoms. The molecule has 0 aliphatic carbocycles. The predicted molar refractivity (Wildman–Crippen MR) is 66.5 cm³/mol. The molecule has 0 aliphatic heterocycles. The van der Waals surface area contributed by atoms with Crippen LogP contribution in [0, 0.1) is 0 Å². The van der Waals surface area contributed by atoms with E-state index in [1.807, 2.05) is 18.5 Å². The molecule has 1 heterocycles. The van der Waals surface area contributed by atoms with E-state index in [9.17, 15) is 8.42 Å². The highest BCUT2D eigenvalue weighted by molar-refractivity contribution is 7.91. The minimum Gasteiger partial charge on any atom is -0.321 e. The first-order valence-corrected chi connectivity index (χ1v) is 7.53. The number of rotatable bonds is 7. The molecule has 17 heavy (non-hydrogen) atoms. The SMILES string of the molecule is CCS(=O)(=O)CC(C)NCCc1nncn1C. The van der Waals surface area contributed by atoms with Crippen LogP contribution in [0.5, 0.6) is 0 Å².